The number of aryl methyl sites for hydroxylation is 1. The zero-order valence-corrected chi connectivity index (χ0v) is 13.6. The highest BCUT2D eigenvalue weighted by atomic mass is 32.1. The monoisotopic (exact) mass is 343 g/mol. The molecule has 0 amide bonds. The molecular formula is C17H14FN3O2S. The second-order valence-electron chi connectivity index (χ2n) is 5.28. The highest BCUT2D eigenvalue weighted by Crippen LogP contribution is 2.29. The Morgan fingerprint density at radius 1 is 1.25 bits per heavy atom. The summed E-state index contributed by atoms with van der Waals surface area (Å²) in [5.74, 6) is -0.267. The lowest BCUT2D eigenvalue weighted by Crippen LogP contribution is -1.99. The van der Waals surface area contributed by atoms with E-state index in [-0.39, 0.29) is 16.4 Å². The van der Waals surface area contributed by atoms with Crippen molar-refractivity contribution in [2.75, 3.05) is 5.32 Å². The van der Waals surface area contributed by atoms with Crippen molar-refractivity contribution >= 4 is 22.2 Å². The van der Waals surface area contributed by atoms with Gasteiger partial charge in [0.15, 0.2) is 5.13 Å². The quantitative estimate of drug-likeness (QED) is 0.535. The minimum absolute atomic E-state index is 0.0846. The fourth-order valence-electron chi connectivity index (χ4n) is 2.23. The molecule has 7 heteroatoms. The van der Waals surface area contributed by atoms with Gasteiger partial charge < -0.3 is 5.32 Å². The van der Waals surface area contributed by atoms with Gasteiger partial charge in [-0.25, -0.2) is 9.37 Å². The minimum atomic E-state index is -0.390. The lowest BCUT2D eigenvalue weighted by molar-refractivity contribution is -0.385. The Kier molecular flexibility index (Phi) is 4.52. The van der Waals surface area contributed by atoms with Crippen LogP contribution in [-0.2, 0) is 6.54 Å². The van der Waals surface area contributed by atoms with Crippen LogP contribution in [0.25, 0.3) is 11.3 Å². The molecule has 1 heterocycles. The Morgan fingerprint density at radius 3 is 2.71 bits per heavy atom. The van der Waals surface area contributed by atoms with Gasteiger partial charge in [0.2, 0.25) is 0 Å². The lowest BCUT2D eigenvalue weighted by atomic mass is 10.1. The summed E-state index contributed by atoms with van der Waals surface area (Å²) in [6.07, 6.45) is 0. The van der Waals surface area contributed by atoms with Crippen molar-refractivity contribution in [1.29, 1.82) is 0 Å². The van der Waals surface area contributed by atoms with E-state index >= 15 is 0 Å². The zero-order valence-electron chi connectivity index (χ0n) is 12.8. The van der Waals surface area contributed by atoms with Crippen molar-refractivity contribution in [3.63, 3.8) is 0 Å². The van der Waals surface area contributed by atoms with Crippen LogP contribution < -0.4 is 5.32 Å². The molecule has 3 aromatic rings. The molecule has 1 aromatic heterocycles. The Labute approximate surface area is 142 Å². The van der Waals surface area contributed by atoms with Gasteiger partial charge in [-0.2, -0.15) is 0 Å². The summed E-state index contributed by atoms with van der Waals surface area (Å²) in [6.45, 7) is 2.24. The Morgan fingerprint density at radius 2 is 2.00 bits per heavy atom. The summed E-state index contributed by atoms with van der Waals surface area (Å²) in [4.78, 5) is 15.1. The average Bonchev–Trinajstić information content (AvgIpc) is 3.03. The number of aromatic nitrogens is 1. The molecule has 0 aliphatic rings. The Bertz CT molecular complexity index is 878. The molecule has 2 aromatic carbocycles. The van der Waals surface area contributed by atoms with E-state index in [9.17, 15) is 14.5 Å². The average molecular weight is 343 g/mol. The fourth-order valence-corrected chi connectivity index (χ4v) is 2.95. The predicted molar refractivity (Wildman–Crippen MR) is 92.7 cm³/mol. The molecule has 0 spiro atoms. The number of nitro groups is 1. The second kappa shape index (κ2) is 6.76. The predicted octanol–water partition coefficient (Wildman–Crippen LogP) is 4.78. The van der Waals surface area contributed by atoms with Gasteiger partial charge in [-0.3, -0.25) is 10.1 Å². The molecule has 0 atom stereocenters. The number of benzene rings is 2. The van der Waals surface area contributed by atoms with E-state index < -0.39 is 0 Å². The van der Waals surface area contributed by atoms with Gasteiger partial charge in [0.25, 0.3) is 5.69 Å². The van der Waals surface area contributed by atoms with E-state index in [4.69, 9.17) is 0 Å². The maximum atomic E-state index is 12.9. The number of halogens is 1. The van der Waals surface area contributed by atoms with Gasteiger partial charge in [0, 0.05) is 29.1 Å². The third kappa shape index (κ3) is 3.57. The normalized spacial score (nSPS) is 10.6. The van der Waals surface area contributed by atoms with Gasteiger partial charge in [0.05, 0.1) is 10.6 Å². The summed E-state index contributed by atoms with van der Waals surface area (Å²) in [5.41, 5.74) is 3.04. The molecule has 3 rings (SSSR count). The minimum Gasteiger partial charge on any atom is -0.357 e. The van der Waals surface area contributed by atoms with E-state index in [2.05, 4.69) is 10.3 Å². The summed E-state index contributed by atoms with van der Waals surface area (Å²) in [7, 11) is 0. The summed E-state index contributed by atoms with van der Waals surface area (Å²) < 4.78 is 12.9. The van der Waals surface area contributed by atoms with Gasteiger partial charge in [-0.05, 0) is 24.6 Å². The van der Waals surface area contributed by atoms with Crippen LogP contribution in [0, 0.1) is 22.9 Å². The maximum absolute atomic E-state index is 12.9. The van der Waals surface area contributed by atoms with Crippen molar-refractivity contribution in [1.82, 2.24) is 4.98 Å². The molecule has 0 aliphatic carbocycles. The van der Waals surface area contributed by atoms with Crippen LogP contribution >= 0.6 is 11.3 Å². The van der Waals surface area contributed by atoms with E-state index in [1.807, 2.05) is 11.4 Å². The molecule has 0 aliphatic heterocycles. The number of thiazole rings is 1. The fraction of sp³-hybridized carbons (Fsp3) is 0.118. The highest BCUT2D eigenvalue weighted by molar-refractivity contribution is 7.14. The number of rotatable bonds is 5. The van der Waals surface area contributed by atoms with Crippen LogP contribution in [0.3, 0.4) is 0 Å². The number of nitro benzene ring substituents is 1. The van der Waals surface area contributed by atoms with E-state index in [1.54, 1.807) is 25.1 Å². The summed E-state index contributed by atoms with van der Waals surface area (Å²) >= 11 is 1.42. The molecule has 0 fully saturated rings. The molecule has 122 valence electrons. The molecule has 0 unspecified atom stereocenters. The lowest BCUT2D eigenvalue weighted by Gasteiger charge is -2.03. The molecule has 5 nitrogen and oxygen atoms in total. The third-order valence-corrected chi connectivity index (χ3v) is 4.36. The van der Waals surface area contributed by atoms with Crippen molar-refractivity contribution in [3.05, 3.63) is 74.9 Å². The van der Waals surface area contributed by atoms with Crippen LogP contribution in [0.2, 0.25) is 0 Å². The summed E-state index contributed by atoms with van der Waals surface area (Å²) in [6, 6.07) is 11.3. The number of nitrogens with zero attached hydrogens (tertiary/aromatic N) is 2. The van der Waals surface area contributed by atoms with Gasteiger partial charge in [0.1, 0.15) is 5.82 Å². The maximum Gasteiger partial charge on any atom is 0.272 e. The molecule has 24 heavy (non-hydrogen) atoms. The van der Waals surface area contributed by atoms with Gasteiger partial charge >= 0.3 is 0 Å². The van der Waals surface area contributed by atoms with Gasteiger partial charge in [-0.1, -0.05) is 24.3 Å². The van der Waals surface area contributed by atoms with Crippen molar-refractivity contribution < 1.29 is 9.31 Å². The van der Waals surface area contributed by atoms with Crippen molar-refractivity contribution in [3.8, 4) is 11.3 Å². The molecule has 0 bridgehead atoms. The topological polar surface area (TPSA) is 68.1 Å². The van der Waals surface area contributed by atoms with E-state index in [0.717, 1.165) is 5.56 Å². The third-order valence-electron chi connectivity index (χ3n) is 3.56. The first kappa shape index (κ1) is 16.1. The number of anilines is 1. The van der Waals surface area contributed by atoms with Crippen molar-refractivity contribution in [2.45, 2.75) is 13.5 Å². The van der Waals surface area contributed by atoms with Crippen LogP contribution in [0.5, 0.6) is 0 Å². The molecule has 0 saturated carbocycles. The zero-order chi connectivity index (χ0) is 17.1. The first-order valence-electron chi connectivity index (χ1n) is 7.22. The molecular weight excluding hydrogens is 329 g/mol. The molecule has 1 N–H and O–H groups in total. The Balaban J connectivity index is 1.74. The van der Waals surface area contributed by atoms with E-state index in [0.29, 0.717) is 28.5 Å². The first-order valence-corrected chi connectivity index (χ1v) is 8.10. The SMILES string of the molecule is Cc1ccc(-c2csc(NCc3ccc(F)cc3)n2)cc1[N+](=O)[O-]. The number of hydrogen-bond acceptors (Lipinski definition) is 5. The van der Waals surface area contributed by atoms with Crippen molar-refractivity contribution in [2.24, 2.45) is 0 Å². The first-order chi connectivity index (χ1) is 11.5. The van der Waals surface area contributed by atoms with Crippen LogP contribution in [0.15, 0.2) is 47.8 Å². The van der Waals surface area contributed by atoms with Crippen LogP contribution in [0.1, 0.15) is 11.1 Å². The van der Waals surface area contributed by atoms with Crippen LogP contribution in [0.4, 0.5) is 15.2 Å². The number of nitrogens with one attached hydrogen (secondary N) is 1. The highest BCUT2D eigenvalue weighted by Gasteiger charge is 2.13. The largest absolute Gasteiger partial charge is 0.357 e. The second-order valence-corrected chi connectivity index (χ2v) is 6.13. The smallest absolute Gasteiger partial charge is 0.272 e. The van der Waals surface area contributed by atoms with Gasteiger partial charge in [-0.15, -0.1) is 11.3 Å². The standard InChI is InChI=1S/C17H14FN3O2S/c1-11-2-5-13(8-16(11)21(22)23)15-10-24-17(20-15)19-9-12-3-6-14(18)7-4-12/h2-8,10H,9H2,1H3,(H,19,20). The molecule has 0 saturated heterocycles. The Hall–Kier alpha value is -2.80. The van der Waals surface area contributed by atoms with Crippen LogP contribution in [-0.4, -0.2) is 9.91 Å². The van der Waals surface area contributed by atoms with E-state index in [1.165, 1.54) is 29.5 Å². The number of hydrogen-bond donors (Lipinski definition) is 1. The molecule has 0 radical (unpaired) electrons. The summed E-state index contributed by atoms with van der Waals surface area (Å²) in [5, 5.41) is 16.8.